The van der Waals surface area contributed by atoms with Crippen molar-refractivity contribution in [2.75, 3.05) is 7.05 Å². The van der Waals surface area contributed by atoms with E-state index in [9.17, 15) is 4.79 Å². The topological polar surface area (TPSA) is 20.3 Å². The molecule has 2 aromatic carbocycles. The minimum atomic E-state index is -0.0881. The molecule has 2 nitrogen and oxygen atoms in total. The molecule has 0 spiro atoms. The third-order valence-corrected chi connectivity index (χ3v) is 3.61. The van der Waals surface area contributed by atoms with Gasteiger partial charge in [-0.05, 0) is 35.4 Å². The number of benzene rings is 2. The fourth-order valence-corrected chi connectivity index (χ4v) is 2.26. The van der Waals surface area contributed by atoms with Crippen molar-refractivity contribution in [3.63, 3.8) is 0 Å². The smallest absolute Gasteiger partial charge is 0.246 e. The van der Waals surface area contributed by atoms with Crippen molar-refractivity contribution in [3.8, 4) is 0 Å². The van der Waals surface area contributed by atoms with Crippen molar-refractivity contribution in [2.24, 2.45) is 0 Å². The summed E-state index contributed by atoms with van der Waals surface area (Å²) in [5, 5.41) is 1.31. The molecule has 0 atom stereocenters. The summed E-state index contributed by atoms with van der Waals surface area (Å²) in [4.78, 5) is 13.7. The minimum absolute atomic E-state index is 0.0881. The monoisotopic (exact) mass is 319 g/mol. The van der Waals surface area contributed by atoms with Gasteiger partial charge in [0, 0.05) is 29.7 Å². The summed E-state index contributed by atoms with van der Waals surface area (Å²) in [5.41, 5.74) is 1.81. The van der Waals surface area contributed by atoms with E-state index >= 15 is 0 Å². The molecule has 21 heavy (non-hydrogen) atoms. The van der Waals surface area contributed by atoms with Crippen LogP contribution in [0.2, 0.25) is 10.0 Å². The van der Waals surface area contributed by atoms with Crippen LogP contribution in [0.1, 0.15) is 11.1 Å². The van der Waals surface area contributed by atoms with Crippen LogP contribution in [0.3, 0.4) is 0 Å². The molecule has 1 amide bonds. The zero-order valence-electron chi connectivity index (χ0n) is 11.6. The third kappa shape index (κ3) is 4.62. The quantitative estimate of drug-likeness (QED) is 0.750. The fourth-order valence-electron chi connectivity index (χ4n) is 1.87. The second-order valence-corrected chi connectivity index (χ2v) is 5.52. The van der Waals surface area contributed by atoms with Gasteiger partial charge < -0.3 is 4.90 Å². The molecule has 0 aliphatic rings. The van der Waals surface area contributed by atoms with E-state index in [0.717, 1.165) is 11.1 Å². The molecule has 0 saturated carbocycles. The van der Waals surface area contributed by atoms with Gasteiger partial charge in [0.15, 0.2) is 0 Å². The predicted octanol–water partition coefficient (Wildman–Crippen LogP) is 4.67. The second-order valence-electron chi connectivity index (χ2n) is 4.67. The van der Waals surface area contributed by atoms with Gasteiger partial charge in [-0.2, -0.15) is 0 Å². The maximum Gasteiger partial charge on any atom is 0.246 e. The molecule has 0 aliphatic heterocycles. The summed E-state index contributed by atoms with van der Waals surface area (Å²) in [7, 11) is 1.74. The van der Waals surface area contributed by atoms with Crippen LogP contribution >= 0.6 is 23.2 Å². The van der Waals surface area contributed by atoms with Gasteiger partial charge in [0.05, 0.1) is 0 Å². The Kier molecular flexibility index (Phi) is 5.43. The Morgan fingerprint density at radius 1 is 1.14 bits per heavy atom. The van der Waals surface area contributed by atoms with Gasteiger partial charge in [0.1, 0.15) is 0 Å². The van der Waals surface area contributed by atoms with Gasteiger partial charge >= 0.3 is 0 Å². The first-order valence-electron chi connectivity index (χ1n) is 6.48. The highest BCUT2D eigenvalue weighted by atomic mass is 35.5. The van der Waals surface area contributed by atoms with Crippen LogP contribution < -0.4 is 0 Å². The lowest BCUT2D eigenvalue weighted by Gasteiger charge is -2.16. The Morgan fingerprint density at radius 3 is 2.62 bits per heavy atom. The van der Waals surface area contributed by atoms with E-state index in [2.05, 4.69) is 0 Å². The van der Waals surface area contributed by atoms with Gasteiger partial charge in [-0.25, -0.2) is 0 Å². The molecule has 0 bridgehead atoms. The Bertz CT molecular complexity index is 667. The maximum absolute atomic E-state index is 12.1. The van der Waals surface area contributed by atoms with E-state index in [0.29, 0.717) is 16.6 Å². The zero-order valence-corrected chi connectivity index (χ0v) is 13.1. The standard InChI is InChI=1S/C17H15Cl2NO/c1-20(12-14-6-2-3-8-16(14)19)17(21)10-9-13-5-4-7-15(18)11-13/h2-11H,12H2,1H3/b10-9+. The van der Waals surface area contributed by atoms with Gasteiger partial charge in [-0.15, -0.1) is 0 Å². The van der Waals surface area contributed by atoms with Crippen molar-refractivity contribution in [1.82, 2.24) is 4.90 Å². The molecule has 2 aromatic rings. The molecule has 0 heterocycles. The molecule has 0 radical (unpaired) electrons. The maximum atomic E-state index is 12.1. The number of likely N-dealkylation sites (N-methyl/N-ethyl adjacent to an activating group) is 1. The lowest BCUT2D eigenvalue weighted by molar-refractivity contribution is -0.125. The second kappa shape index (κ2) is 7.30. The van der Waals surface area contributed by atoms with Crippen molar-refractivity contribution < 1.29 is 4.79 Å². The molecule has 2 rings (SSSR count). The average Bonchev–Trinajstić information content (AvgIpc) is 2.47. The largest absolute Gasteiger partial charge is 0.338 e. The molecule has 0 unspecified atom stereocenters. The first-order chi connectivity index (χ1) is 10.1. The van der Waals surface area contributed by atoms with E-state index in [-0.39, 0.29) is 5.91 Å². The average molecular weight is 320 g/mol. The summed E-state index contributed by atoms with van der Waals surface area (Å²) >= 11 is 12.0. The van der Waals surface area contributed by atoms with Gasteiger partial charge in [0.25, 0.3) is 0 Å². The van der Waals surface area contributed by atoms with Crippen LogP contribution in [0.25, 0.3) is 6.08 Å². The first kappa shape index (κ1) is 15.6. The predicted molar refractivity (Wildman–Crippen MR) is 88.4 cm³/mol. The summed E-state index contributed by atoms with van der Waals surface area (Å²) in [5.74, 6) is -0.0881. The molecule has 0 aromatic heterocycles. The number of nitrogens with zero attached hydrogens (tertiary/aromatic N) is 1. The number of carbonyl (C=O) groups excluding carboxylic acids is 1. The van der Waals surface area contributed by atoms with Gasteiger partial charge in [-0.1, -0.05) is 53.5 Å². The van der Waals surface area contributed by atoms with Crippen LogP contribution in [0.4, 0.5) is 0 Å². The normalized spacial score (nSPS) is 10.8. The van der Waals surface area contributed by atoms with Crippen LogP contribution in [0, 0.1) is 0 Å². The van der Waals surface area contributed by atoms with Crippen LogP contribution in [-0.4, -0.2) is 17.9 Å². The molecule has 0 fully saturated rings. The molecule has 0 N–H and O–H groups in total. The number of amides is 1. The van der Waals surface area contributed by atoms with E-state index in [4.69, 9.17) is 23.2 Å². The number of hydrogen-bond donors (Lipinski definition) is 0. The molecule has 4 heteroatoms. The highest BCUT2D eigenvalue weighted by molar-refractivity contribution is 6.31. The van der Waals surface area contributed by atoms with Crippen LogP contribution in [-0.2, 0) is 11.3 Å². The SMILES string of the molecule is CN(Cc1ccccc1Cl)C(=O)/C=C/c1cccc(Cl)c1. The van der Waals surface area contributed by atoms with Gasteiger partial charge in [0.2, 0.25) is 5.91 Å². The van der Waals surface area contributed by atoms with E-state index in [1.165, 1.54) is 6.08 Å². The van der Waals surface area contributed by atoms with Crippen molar-refractivity contribution in [1.29, 1.82) is 0 Å². The Hall–Kier alpha value is -1.77. The molecule has 0 saturated heterocycles. The van der Waals surface area contributed by atoms with Crippen molar-refractivity contribution >= 4 is 35.2 Å². The molecule has 108 valence electrons. The highest BCUT2D eigenvalue weighted by Crippen LogP contribution is 2.17. The van der Waals surface area contributed by atoms with Crippen molar-refractivity contribution in [2.45, 2.75) is 6.54 Å². The van der Waals surface area contributed by atoms with Gasteiger partial charge in [-0.3, -0.25) is 4.79 Å². The summed E-state index contributed by atoms with van der Waals surface area (Å²) in [6.45, 7) is 0.471. The lowest BCUT2D eigenvalue weighted by Crippen LogP contribution is -2.24. The van der Waals surface area contributed by atoms with E-state index < -0.39 is 0 Å². The Balaban J connectivity index is 2.01. The van der Waals surface area contributed by atoms with E-state index in [1.807, 2.05) is 36.4 Å². The third-order valence-electron chi connectivity index (χ3n) is 3.01. The Labute approximate surface area is 134 Å². The fraction of sp³-hybridized carbons (Fsp3) is 0.118. The molecular formula is C17H15Cl2NO. The molecule has 0 aliphatic carbocycles. The molecular weight excluding hydrogens is 305 g/mol. The van der Waals surface area contributed by atoms with Crippen molar-refractivity contribution in [3.05, 3.63) is 75.8 Å². The Morgan fingerprint density at radius 2 is 1.90 bits per heavy atom. The number of halogens is 2. The lowest BCUT2D eigenvalue weighted by atomic mass is 10.2. The number of carbonyl (C=O) groups is 1. The minimum Gasteiger partial charge on any atom is -0.338 e. The number of hydrogen-bond acceptors (Lipinski definition) is 1. The van der Waals surface area contributed by atoms with Crippen LogP contribution in [0.15, 0.2) is 54.6 Å². The first-order valence-corrected chi connectivity index (χ1v) is 7.24. The van der Waals surface area contributed by atoms with E-state index in [1.54, 1.807) is 30.2 Å². The summed E-state index contributed by atoms with van der Waals surface area (Å²) in [6, 6.07) is 14.8. The summed E-state index contributed by atoms with van der Waals surface area (Å²) < 4.78 is 0. The number of rotatable bonds is 4. The zero-order chi connectivity index (χ0) is 15.2. The highest BCUT2D eigenvalue weighted by Gasteiger charge is 2.07. The van der Waals surface area contributed by atoms with Crippen LogP contribution in [0.5, 0.6) is 0 Å². The summed E-state index contributed by atoms with van der Waals surface area (Å²) in [6.07, 6.45) is 3.28.